The Bertz CT molecular complexity index is 830. The maximum atomic E-state index is 11.9. The number of nitrogens with one attached hydrogen (secondary N) is 1. The van der Waals surface area contributed by atoms with Crippen molar-refractivity contribution < 1.29 is 19.2 Å². The molecule has 25 heavy (non-hydrogen) atoms. The molecule has 0 heterocycles. The van der Waals surface area contributed by atoms with Gasteiger partial charge in [-0.2, -0.15) is 0 Å². The monoisotopic (exact) mass is 340 g/mol. The van der Waals surface area contributed by atoms with Gasteiger partial charge < -0.3 is 10.1 Å². The number of anilines is 1. The Kier molecular flexibility index (Phi) is 4.74. The van der Waals surface area contributed by atoms with Gasteiger partial charge >= 0.3 is 5.97 Å². The number of nitro groups is 1. The van der Waals surface area contributed by atoms with E-state index in [1.165, 1.54) is 35.4 Å². The molecule has 0 bridgehead atoms. The SMILES string of the molecule is O=C(COC(=O)c1ccc([N+](=O)[O-])cc1)Nc1ccc2c(c1)CCC2. The van der Waals surface area contributed by atoms with Gasteiger partial charge in [-0.15, -0.1) is 0 Å². The van der Waals surface area contributed by atoms with E-state index in [4.69, 9.17) is 4.74 Å². The third-order valence-corrected chi connectivity index (χ3v) is 4.03. The number of hydrogen-bond donors (Lipinski definition) is 1. The second kappa shape index (κ2) is 7.12. The summed E-state index contributed by atoms with van der Waals surface area (Å²) >= 11 is 0. The van der Waals surface area contributed by atoms with Crippen LogP contribution >= 0.6 is 0 Å². The molecule has 0 radical (unpaired) electrons. The molecular formula is C18H16N2O5. The predicted octanol–water partition coefficient (Wildman–Crippen LogP) is 2.88. The number of benzene rings is 2. The summed E-state index contributed by atoms with van der Waals surface area (Å²) in [6.45, 7) is -0.424. The van der Waals surface area contributed by atoms with Gasteiger partial charge in [-0.1, -0.05) is 6.07 Å². The first-order valence-corrected chi connectivity index (χ1v) is 7.86. The molecule has 1 aliphatic carbocycles. The molecule has 0 atom stereocenters. The maximum absolute atomic E-state index is 11.9. The van der Waals surface area contributed by atoms with Crippen molar-refractivity contribution >= 4 is 23.3 Å². The Morgan fingerprint density at radius 2 is 1.80 bits per heavy atom. The summed E-state index contributed by atoms with van der Waals surface area (Å²) in [4.78, 5) is 33.8. The Hall–Kier alpha value is -3.22. The van der Waals surface area contributed by atoms with Gasteiger partial charge in [0.05, 0.1) is 10.5 Å². The Labute approximate surface area is 143 Å². The number of nitro benzene ring substituents is 1. The molecule has 0 fully saturated rings. The highest BCUT2D eigenvalue weighted by Crippen LogP contribution is 2.24. The third-order valence-electron chi connectivity index (χ3n) is 4.03. The van der Waals surface area contributed by atoms with Crippen LogP contribution in [-0.4, -0.2) is 23.4 Å². The van der Waals surface area contributed by atoms with Crippen molar-refractivity contribution in [1.82, 2.24) is 0 Å². The minimum Gasteiger partial charge on any atom is -0.452 e. The number of aryl methyl sites for hydroxylation is 2. The van der Waals surface area contributed by atoms with Crippen LogP contribution in [0, 0.1) is 10.1 Å². The molecule has 7 heteroatoms. The Morgan fingerprint density at radius 3 is 2.52 bits per heavy atom. The molecule has 0 saturated heterocycles. The molecule has 2 aromatic rings. The number of esters is 1. The highest BCUT2D eigenvalue weighted by atomic mass is 16.6. The minimum atomic E-state index is -0.709. The summed E-state index contributed by atoms with van der Waals surface area (Å²) in [6, 6.07) is 10.8. The van der Waals surface area contributed by atoms with Crippen molar-refractivity contribution in [2.75, 3.05) is 11.9 Å². The van der Waals surface area contributed by atoms with Gasteiger partial charge in [0.25, 0.3) is 11.6 Å². The largest absolute Gasteiger partial charge is 0.452 e. The van der Waals surface area contributed by atoms with Crippen LogP contribution in [-0.2, 0) is 22.4 Å². The summed E-state index contributed by atoms with van der Waals surface area (Å²) in [5.41, 5.74) is 3.25. The lowest BCUT2D eigenvalue weighted by atomic mass is 10.1. The average Bonchev–Trinajstić information content (AvgIpc) is 3.07. The zero-order valence-electron chi connectivity index (χ0n) is 13.4. The summed E-state index contributed by atoms with van der Waals surface area (Å²) in [5.74, 6) is -1.15. The van der Waals surface area contributed by atoms with Crippen molar-refractivity contribution in [3.8, 4) is 0 Å². The zero-order chi connectivity index (χ0) is 17.8. The van der Waals surface area contributed by atoms with Gasteiger partial charge in [-0.25, -0.2) is 4.79 Å². The minimum absolute atomic E-state index is 0.120. The quantitative estimate of drug-likeness (QED) is 0.512. The molecule has 3 rings (SSSR count). The number of ether oxygens (including phenoxy) is 1. The van der Waals surface area contributed by atoms with E-state index >= 15 is 0 Å². The molecule has 0 aliphatic heterocycles. The van der Waals surface area contributed by atoms with Crippen molar-refractivity contribution in [1.29, 1.82) is 0 Å². The summed E-state index contributed by atoms with van der Waals surface area (Å²) in [5, 5.41) is 13.3. The summed E-state index contributed by atoms with van der Waals surface area (Å²) in [7, 11) is 0. The smallest absolute Gasteiger partial charge is 0.338 e. The standard InChI is InChI=1S/C18H16N2O5/c21-17(19-15-7-4-12-2-1-3-14(12)10-15)11-25-18(22)13-5-8-16(9-6-13)20(23)24/h4-10H,1-3,11H2,(H,19,21). The topological polar surface area (TPSA) is 98.5 Å². The normalized spacial score (nSPS) is 12.3. The van der Waals surface area contributed by atoms with E-state index in [9.17, 15) is 19.7 Å². The van der Waals surface area contributed by atoms with Crippen LogP contribution in [0.5, 0.6) is 0 Å². The lowest BCUT2D eigenvalue weighted by Gasteiger charge is -2.08. The molecule has 7 nitrogen and oxygen atoms in total. The van der Waals surface area contributed by atoms with E-state index in [1.54, 1.807) is 0 Å². The number of fused-ring (bicyclic) bond motifs is 1. The fourth-order valence-corrected chi connectivity index (χ4v) is 2.78. The fraction of sp³-hybridized carbons (Fsp3) is 0.222. The number of rotatable bonds is 5. The van der Waals surface area contributed by atoms with Gasteiger partial charge in [0, 0.05) is 17.8 Å². The van der Waals surface area contributed by atoms with Crippen molar-refractivity contribution in [3.63, 3.8) is 0 Å². The summed E-state index contributed by atoms with van der Waals surface area (Å²) in [6.07, 6.45) is 3.20. The molecule has 1 aliphatic rings. The van der Waals surface area contributed by atoms with Crippen LogP contribution in [0.25, 0.3) is 0 Å². The molecule has 0 unspecified atom stereocenters. The van der Waals surface area contributed by atoms with Gasteiger partial charge in [-0.05, 0) is 54.7 Å². The van der Waals surface area contributed by atoms with Crippen LogP contribution in [0.1, 0.15) is 27.9 Å². The van der Waals surface area contributed by atoms with E-state index in [2.05, 4.69) is 5.32 Å². The van der Waals surface area contributed by atoms with Crippen LogP contribution in [0.4, 0.5) is 11.4 Å². The van der Waals surface area contributed by atoms with Crippen LogP contribution in [0.3, 0.4) is 0 Å². The number of carbonyl (C=O) groups is 2. The second-order valence-corrected chi connectivity index (χ2v) is 5.77. The number of hydrogen-bond acceptors (Lipinski definition) is 5. The van der Waals surface area contributed by atoms with Crippen molar-refractivity contribution in [2.45, 2.75) is 19.3 Å². The van der Waals surface area contributed by atoms with Gasteiger partial charge in [0.2, 0.25) is 0 Å². The number of nitrogens with zero attached hydrogens (tertiary/aromatic N) is 1. The number of carbonyl (C=O) groups excluding carboxylic acids is 2. The van der Waals surface area contributed by atoms with E-state index in [0.29, 0.717) is 5.69 Å². The molecule has 0 aromatic heterocycles. The Morgan fingerprint density at radius 1 is 1.08 bits per heavy atom. The zero-order valence-corrected chi connectivity index (χ0v) is 13.4. The molecule has 0 saturated carbocycles. The highest BCUT2D eigenvalue weighted by Gasteiger charge is 2.14. The molecule has 0 spiro atoms. The van der Waals surface area contributed by atoms with Gasteiger partial charge in [-0.3, -0.25) is 14.9 Å². The first-order chi connectivity index (χ1) is 12.0. The fourth-order valence-electron chi connectivity index (χ4n) is 2.78. The maximum Gasteiger partial charge on any atom is 0.338 e. The van der Waals surface area contributed by atoms with E-state index in [-0.39, 0.29) is 11.3 Å². The van der Waals surface area contributed by atoms with Crippen molar-refractivity contribution in [3.05, 3.63) is 69.3 Å². The van der Waals surface area contributed by atoms with Crippen molar-refractivity contribution in [2.24, 2.45) is 0 Å². The first kappa shape index (κ1) is 16.6. The predicted molar refractivity (Wildman–Crippen MR) is 90.5 cm³/mol. The lowest BCUT2D eigenvalue weighted by molar-refractivity contribution is -0.384. The lowest BCUT2D eigenvalue weighted by Crippen LogP contribution is -2.21. The highest BCUT2D eigenvalue weighted by molar-refractivity contribution is 5.95. The number of non-ortho nitro benzene ring substituents is 1. The number of amides is 1. The second-order valence-electron chi connectivity index (χ2n) is 5.77. The molecule has 1 N–H and O–H groups in total. The van der Waals surface area contributed by atoms with Crippen LogP contribution in [0.15, 0.2) is 42.5 Å². The molecule has 1 amide bonds. The van der Waals surface area contributed by atoms with Crippen LogP contribution in [0.2, 0.25) is 0 Å². The first-order valence-electron chi connectivity index (χ1n) is 7.86. The molecule has 128 valence electrons. The molecule has 2 aromatic carbocycles. The van der Waals surface area contributed by atoms with Gasteiger partial charge in [0.15, 0.2) is 6.61 Å². The Balaban J connectivity index is 1.53. The molecular weight excluding hydrogens is 324 g/mol. The van der Waals surface area contributed by atoms with Gasteiger partial charge in [0.1, 0.15) is 0 Å². The van der Waals surface area contributed by atoms with E-state index in [1.807, 2.05) is 18.2 Å². The van der Waals surface area contributed by atoms with E-state index in [0.717, 1.165) is 19.3 Å². The van der Waals surface area contributed by atoms with Crippen LogP contribution < -0.4 is 5.32 Å². The van der Waals surface area contributed by atoms with E-state index < -0.39 is 23.4 Å². The average molecular weight is 340 g/mol. The summed E-state index contributed by atoms with van der Waals surface area (Å²) < 4.78 is 4.93. The third kappa shape index (κ3) is 4.00.